The van der Waals surface area contributed by atoms with Crippen LogP contribution in [0.15, 0.2) is 48.8 Å². The molecule has 3 aromatic rings. The second kappa shape index (κ2) is 7.76. The Morgan fingerprint density at radius 2 is 1.55 bits per heavy atom. The van der Waals surface area contributed by atoms with Gasteiger partial charge in [-0.05, 0) is 42.3 Å². The predicted octanol–water partition coefficient (Wildman–Crippen LogP) is 4.50. The number of rotatable bonds is 5. The molecule has 31 heavy (non-hydrogen) atoms. The summed E-state index contributed by atoms with van der Waals surface area (Å²) in [7, 11) is 1.49. The lowest BCUT2D eigenvalue weighted by molar-refractivity contribution is -0.275. The summed E-state index contributed by atoms with van der Waals surface area (Å²) < 4.78 is 85.9. The molecule has 6 nitrogen and oxygen atoms in total. The molecule has 1 heterocycles. The van der Waals surface area contributed by atoms with Gasteiger partial charge in [0.1, 0.15) is 17.8 Å². The van der Waals surface area contributed by atoms with Gasteiger partial charge < -0.3 is 15.2 Å². The van der Waals surface area contributed by atoms with E-state index >= 15 is 0 Å². The number of aryl methyl sites for hydroxylation is 1. The fourth-order valence-electron chi connectivity index (χ4n) is 2.96. The summed E-state index contributed by atoms with van der Waals surface area (Å²) in [5.41, 5.74) is 5.18. The molecule has 3 rings (SSSR count). The maximum Gasteiger partial charge on any atom is 0.573 e. The minimum Gasteiger partial charge on any atom is -0.406 e. The quantitative estimate of drug-likeness (QED) is 0.584. The summed E-state index contributed by atoms with van der Waals surface area (Å²) in [5, 5.41) is 3.83. The number of halogens is 6. The third-order valence-electron chi connectivity index (χ3n) is 4.43. The number of hydrogen-bond acceptors (Lipinski definition) is 5. The summed E-state index contributed by atoms with van der Waals surface area (Å²) in [6.07, 6.45) is -8.74. The van der Waals surface area contributed by atoms with Gasteiger partial charge in [0.15, 0.2) is 5.82 Å². The van der Waals surface area contributed by atoms with E-state index in [1.807, 2.05) is 0 Å². The maximum absolute atomic E-state index is 13.0. The average molecular weight is 446 g/mol. The van der Waals surface area contributed by atoms with E-state index in [0.717, 1.165) is 18.2 Å². The third kappa shape index (κ3) is 5.26. The molecule has 0 fully saturated rings. The topological polar surface area (TPSA) is 75.2 Å². The van der Waals surface area contributed by atoms with Crippen molar-refractivity contribution in [2.45, 2.75) is 25.2 Å². The van der Waals surface area contributed by atoms with E-state index < -0.39 is 29.8 Å². The molecule has 2 aromatic carbocycles. The molecule has 12 heteroatoms. The molecule has 0 amide bonds. The Kier molecular flexibility index (Phi) is 5.61. The summed E-state index contributed by atoms with van der Waals surface area (Å²) in [6.45, 7) is 1.44. The van der Waals surface area contributed by atoms with Gasteiger partial charge in [-0.1, -0.05) is 18.2 Å². The van der Waals surface area contributed by atoms with Gasteiger partial charge in [-0.15, -0.1) is 26.3 Å². The molecule has 1 unspecified atom stereocenters. The van der Waals surface area contributed by atoms with Crippen LogP contribution in [0, 0.1) is 0 Å². The lowest BCUT2D eigenvalue weighted by Crippen LogP contribution is -2.34. The Morgan fingerprint density at radius 3 is 2.13 bits per heavy atom. The number of ether oxygens (including phenoxy) is 2. The van der Waals surface area contributed by atoms with Crippen LogP contribution in [0.3, 0.4) is 0 Å². The van der Waals surface area contributed by atoms with Crippen molar-refractivity contribution in [1.82, 2.24) is 14.8 Å². The molecule has 0 aliphatic heterocycles. The van der Waals surface area contributed by atoms with Crippen LogP contribution in [0.1, 0.15) is 18.1 Å². The van der Waals surface area contributed by atoms with Crippen molar-refractivity contribution < 1.29 is 35.8 Å². The normalized spacial score (nSPS) is 14.2. The van der Waals surface area contributed by atoms with Crippen LogP contribution in [-0.2, 0) is 12.6 Å². The molecule has 2 N–H and O–H groups in total. The minimum atomic E-state index is -5.00. The molecule has 0 bridgehead atoms. The van der Waals surface area contributed by atoms with Crippen molar-refractivity contribution in [3.63, 3.8) is 0 Å². The molecule has 1 atom stereocenters. The van der Waals surface area contributed by atoms with Crippen molar-refractivity contribution in [1.29, 1.82) is 0 Å². The molecule has 0 aliphatic rings. The second-order valence-electron chi connectivity index (χ2n) is 6.74. The van der Waals surface area contributed by atoms with Gasteiger partial charge >= 0.3 is 12.7 Å². The molecule has 0 saturated carbocycles. The summed E-state index contributed by atoms with van der Waals surface area (Å²) >= 11 is 0. The Morgan fingerprint density at radius 1 is 0.903 bits per heavy atom. The van der Waals surface area contributed by atoms with Gasteiger partial charge in [0.05, 0.1) is 11.1 Å². The van der Waals surface area contributed by atoms with Gasteiger partial charge in [0.2, 0.25) is 0 Å². The van der Waals surface area contributed by atoms with Gasteiger partial charge in [0, 0.05) is 7.05 Å². The first-order valence-corrected chi connectivity index (χ1v) is 8.66. The van der Waals surface area contributed by atoms with E-state index in [2.05, 4.69) is 19.6 Å². The van der Waals surface area contributed by atoms with Crippen LogP contribution in [0.5, 0.6) is 11.5 Å². The molecular formula is C19H16F6N4O2. The zero-order chi connectivity index (χ0) is 23.0. The van der Waals surface area contributed by atoms with Crippen molar-refractivity contribution in [3.05, 3.63) is 59.9 Å². The van der Waals surface area contributed by atoms with Crippen molar-refractivity contribution in [2.75, 3.05) is 0 Å². The van der Waals surface area contributed by atoms with Gasteiger partial charge in [-0.3, -0.25) is 0 Å². The number of hydrogen-bond donors (Lipinski definition) is 1. The molecule has 1 aromatic heterocycles. The molecule has 0 saturated heterocycles. The van der Waals surface area contributed by atoms with Crippen molar-refractivity contribution in [2.24, 2.45) is 12.8 Å². The second-order valence-corrected chi connectivity index (χ2v) is 6.74. The molecule has 0 spiro atoms. The maximum atomic E-state index is 13.0. The summed E-state index contributed by atoms with van der Waals surface area (Å²) in [6, 6.07) is 8.70. The number of alkyl halides is 6. The SMILES string of the molecule is Cn1ncnc1-c1ccc(C(C)(N)c2cccc(OC(F)(F)F)c2)cc1OC(F)(F)F. The standard InChI is InChI=1S/C19H16F6N4O2/c1-17(26,11-4-3-5-13(8-11)30-18(20,21)22)12-6-7-14(16-27-10-28-29(16)2)15(9-12)31-19(23,24)25/h3-10H,26H2,1-2H3. The highest BCUT2D eigenvalue weighted by molar-refractivity contribution is 5.66. The van der Waals surface area contributed by atoms with E-state index in [-0.39, 0.29) is 22.5 Å². The zero-order valence-electron chi connectivity index (χ0n) is 16.1. The van der Waals surface area contributed by atoms with E-state index in [4.69, 9.17) is 5.73 Å². The highest BCUT2D eigenvalue weighted by Crippen LogP contribution is 2.38. The Labute approximate surface area is 172 Å². The third-order valence-corrected chi connectivity index (χ3v) is 4.43. The van der Waals surface area contributed by atoms with E-state index in [9.17, 15) is 26.3 Å². The monoisotopic (exact) mass is 446 g/mol. The molecule has 0 radical (unpaired) electrons. The van der Waals surface area contributed by atoms with E-state index in [1.165, 1.54) is 49.2 Å². The van der Waals surface area contributed by atoms with E-state index in [0.29, 0.717) is 0 Å². The van der Waals surface area contributed by atoms with Gasteiger partial charge in [-0.25, -0.2) is 9.67 Å². The van der Waals surface area contributed by atoms with E-state index in [1.54, 1.807) is 0 Å². The number of nitrogens with two attached hydrogens (primary N) is 1. The first-order valence-electron chi connectivity index (χ1n) is 8.66. The van der Waals surface area contributed by atoms with Gasteiger partial charge in [-0.2, -0.15) is 5.10 Å². The molecule has 0 aliphatic carbocycles. The fourth-order valence-corrected chi connectivity index (χ4v) is 2.96. The Bertz CT molecular complexity index is 1080. The van der Waals surface area contributed by atoms with Crippen LogP contribution < -0.4 is 15.2 Å². The minimum absolute atomic E-state index is 0.00558. The highest BCUT2D eigenvalue weighted by Gasteiger charge is 2.35. The number of benzene rings is 2. The smallest absolute Gasteiger partial charge is 0.406 e. The Hall–Kier alpha value is -3.28. The summed E-state index contributed by atoms with van der Waals surface area (Å²) in [4.78, 5) is 3.92. The Balaban J connectivity index is 2.06. The first kappa shape index (κ1) is 22.4. The molecule has 166 valence electrons. The molecular weight excluding hydrogens is 430 g/mol. The van der Waals surface area contributed by atoms with Crippen molar-refractivity contribution in [3.8, 4) is 22.9 Å². The van der Waals surface area contributed by atoms with Gasteiger partial charge in [0.25, 0.3) is 0 Å². The fraction of sp³-hybridized carbons (Fsp3) is 0.263. The lowest BCUT2D eigenvalue weighted by atomic mass is 9.85. The number of aromatic nitrogens is 3. The number of nitrogens with zero attached hydrogens (tertiary/aromatic N) is 3. The van der Waals surface area contributed by atoms with Crippen LogP contribution in [0.2, 0.25) is 0 Å². The van der Waals surface area contributed by atoms with Crippen LogP contribution in [-0.4, -0.2) is 27.5 Å². The van der Waals surface area contributed by atoms with Crippen molar-refractivity contribution >= 4 is 0 Å². The first-order chi connectivity index (χ1) is 14.3. The van der Waals surface area contributed by atoms with Crippen LogP contribution in [0.25, 0.3) is 11.4 Å². The zero-order valence-corrected chi connectivity index (χ0v) is 16.1. The van der Waals surface area contributed by atoms with Crippen LogP contribution >= 0.6 is 0 Å². The summed E-state index contributed by atoms with van der Waals surface area (Å²) in [5.74, 6) is -0.977. The lowest BCUT2D eigenvalue weighted by Gasteiger charge is -2.27. The largest absolute Gasteiger partial charge is 0.573 e. The highest BCUT2D eigenvalue weighted by atomic mass is 19.4. The predicted molar refractivity (Wildman–Crippen MR) is 96.9 cm³/mol. The average Bonchev–Trinajstić information content (AvgIpc) is 3.05. The van der Waals surface area contributed by atoms with Crippen LogP contribution in [0.4, 0.5) is 26.3 Å².